The summed E-state index contributed by atoms with van der Waals surface area (Å²) in [4.78, 5) is 24.0. The Balaban J connectivity index is 2.27. The van der Waals surface area contributed by atoms with E-state index >= 15 is 0 Å². The van der Waals surface area contributed by atoms with Gasteiger partial charge in [-0.3, -0.25) is 9.59 Å². The summed E-state index contributed by atoms with van der Waals surface area (Å²) in [6, 6.07) is 13.2. The summed E-state index contributed by atoms with van der Waals surface area (Å²) >= 11 is 0. The molecule has 8 nitrogen and oxygen atoms in total. The van der Waals surface area contributed by atoms with Crippen LogP contribution in [0.1, 0.15) is 82.4 Å². The van der Waals surface area contributed by atoms with Crippen LogP contribution < -0.4 is 10.6 Å². The SMILES string of the molecule is CCCCC(CC)C(NCCCCCC(=O)OC)c1ccc(C2=C(C#N)C(=C(C#N)C#N)NC2=O)cc1. The summed E-state index contributed by atoms with van der Waals surface area (Å²) in [5.74, 6) is -0.243. The van der Waals surface area contributed by atoms with E-state index in [1.165, 1.54) is 7.11 Å². The van der Waals surface area contributed by atoms with Gasteiger partial charge < -0.3 is 15.4 Å². The lowest BCUT2D eigenvalue weighted by molar-refractivity contribution is -0.140. The van der Waals surface area contributed by atoms with Gasteiger partial charge in [0, 0.05) is 12.5 Å². The van der Waals surface area contributed by atoms with Gasteiger partial charge in [0.1, 0.15) is 18.2 Å². The van der Waals surface area contributed by atoms with Gasteiger partial charge in [-0.1, -0.05) is 63.8 Å². The maximum absolute atomic E-state index is 12.7. The molecule has 8 heteroatoms. The van der Waals surface area contributed by atoms with E-state index in [0.29, 0.717) is 17.9 Å². The number of ether oxygens (including phenoxy) is 1. The van der Waals surface area contributed by atoms with E-state index in [-0.39, 0.29) is 34.4 Å². The Kier molecular flexibility index (Phi) is 12.1. The highest BCUT2D eigenvalue weighted by Gasteiger charge is 2.31. The molecule has 194 valence electrons. The molecule has 2 atom stereocenters. The van der Waals surface area contributed by atoms with Crippen LogP contribution in [0.5, 0.6) is 0 Å². The Morgan fingerprint density at radius 1 is 1.05 bits per heavy atom. The van der Waals surface area contributed by atoms with Gasteiger partial charge in [0.05, 0.1) is 24.0 Å². The van der Waals surface area contributed by atoms with Crippen molar-refractivity contribution in [3.05, 3.63) is 52.2 Å². The summed E-state index contributed by atoms with van der Waals surface area (Å²) < 4.78 is 4.70. The van der Waals surface area contributed by atoms with Gasteiger partial charge >= 0.3 is 5.97 Å². The molecule has 0 radical (unpaired) electrons. The Morgan fingerprint density at radius 3 is 2.32 bits per heavy atom. The first-order valence-electron chi connectivity index (χ1n) is 12.9. The molecule has 0 saturated heterocycles. The maximum Gasteiger partial charge on any atom is 0.305 e. The van der Waals surface area contributed by atoms with E-state index in [2.05, 4.69) is 24.5 Å². The lowest BCUT2D eigenvalue weighted by Gasteiger charge is -2.28. The number of benzene rings is 1. The third kappa shape index (κ3) is 7.78. The predicted molar refractivity (Wildman–Crippen MR) is 140 cm³/mol. The number of amides is 1. The van der Waals surface area contributed by atoms with Gasteiger partial charge in [-0.2, -0.15) is 15.8 Å². The van der Waals surface area contributed by atoms with Crippen molar-refractivity contribution >= 4 is 17.4 Å². The Bertz CT molecular complexity index is 1130. The molecule has 1 heterocycles. The van der Waals surface area contributed by atoms with Crippen LogP contribution in [0.2, 0.25) is 0 Å². The molecule has 2 N–H and O–H groups in total. The summed E-state index contributed by atoms with van der Waals surface area (Å²) in [6.07, 6.45) is 7.50. The van der Waals surface area contributed by atoms with Gasteiger partial charge in [0.2, 0.25) is 0 Å². The molecule has 1 amide bonds. The number of nitriles is 3. The quantitative estimate of drug-likeness (QED) is 0.208. The average molecular weight is 502 g/mol. The van der Waals surface area contributed by atoms with Crippen molar-refractivity contribution in [2.24, 2.45) is 5.92 Å². The van der Waals surface area contributed by atoms with Crippen molar-refractivity contribution in [2.45, 2.75) is 71.3 Å². The van der Waals surface area contributed by atoms with Crippen LogP contribution in [0, 0.1) is 39.9 Å². The zero-order valence-electron chi connectivity index (χ0n) is 21.9. The standard InChI is InChI=1S/C29H35N5O3/c1-4-6-10-20(5-2)27(33-16-9-7-8-11-25(35)37-3)22-14-12-21(13-15-22)26-24(19-32)28(34-29(26)36)23(17-30)18-31/h12-15,20,27,33H,4-11,16H2,1-3H3,(H,34,36). The molecule has 2 unspecified atom stereocenters. The molecule has 0 spiro atoms. The van der Waals surface area contributed by atoms with Gasteiger partial charge in [-0.15, -0.1) is 0 Å². The van der Waals surface area contributed by atoms with E-state index in [9.17, 15) is 25.4 Å². The minimum atomic E-state index is -0.502. The third-order valence-corrected chi connectivity index (χ3v) is 6.68. The second-order valence-corrected chi connectivity index (χ2v) is 9.04. The fraction of sp³-hybridized carbons (Fsp3) is 0.483. The number of unbranched alkanes of at least 4 members (excludes halogenated alkanes) is 3. The smallest absolute Gasteiger partial charge is 0.305 e. The maximum atomic E-state index is 12.7. The Labute approximate surface area is 219 Å². The molecule has 0 bridgehead atoms. The van der Waals surface area contributed by atoms with Crippen LogP contribution in [0.4, 0.5) is 0 Å². The van der Waals surface area contributed by atoms with Crippen LogP contribution in [0.25, 0.3) is 5.57 Å². The van der Waals surface area contributed by atoms with Crippen LogP contribution in [0.15, 0.2) is 41.1 Å². The molecule has 0 saturated carbocycles. The molecule has 1 aromatic rings. The second kappa shape index (κ2) is 15.2. The van der Waals surface area contributed by atoms with Crippen LogP contribution >= 0.6 is 0 Å². The number of carbonyl (C=O) groups is 2. The van der Waals surface area contributed by atoms with Crippen LogP contribution in [-0.4, -0.2) is 25.5 Å². The first-order chi connectivity index (χ1) is 17.9. The molecule has 1 aliphatic heterocycles. The Morgan fingerprint density at radius 2 is 1.76 bits per heavy atom. The van der Waals surface area contributed by atoms with E-state index in [4.69, 9.17) is 4.74 Å². The molecular weight excluding hydrogens is 466 g/mol. The number of hydrogen-bond acceptors (Lipinski definition) is 7. The number of methoxy groups -OCH3 is 1. The highest BCUT2D eigenvalue weighted by Crippen LogP contribution is 2.33. The molecule has 2 rings (SSSR count). The number of nitrogens with zero attached hydrogens (tertiary/aromatic N) is 3. The third-order valence-electron chi connectivity index (χ3n) is 6.68. The van der Waals surface area contributed by atoms with Crippen molar-refractivity contribution in [1.29, 1.82) is 15.8 Å². The molecule has 0 aliphatic carbocycles. The van der Waals surface area contributed by atoms with Gasteiger partial charge in [0.15, 0.2) is 5.57 Å². The van der Waals surface area contributed by atoms with E-state index in [1.54, 1.807) is 12.1 Å². The molecule has 37 heavy (non-hydrogen) atoms. The topological polar surface area (TPSA) is 139 Å². The van der Waals surface area contributed by atoms with Gasteiger partial charge in [-0.05, 0) is 42.9 Å². The van der Waals surface area contributed by atoms with Crippen LogP contribution in [-0.2, 0) is 14.3 Å². The lowest BCUT2D eigenvalue weighted by atomic mass is 9.86. The van der Waals surface area contributed by atoms with E-state index in [1.807, 2.05) is 30.3 Å². The molecule has 1 aliphatic rings. The van der Waals surface area contributed by atoms with Gasteiger partial charge in [0.25, 0.3) is 5.91 Å². The van der Waals surface area contributed by atoms with Crippen molar-refractivity contribution in [2.75, 3.05) is 13.7 Å². The zero-order valence-corrected chi connectivity index (χ0v) is 21.9. The number of hydrogen-bond donors (Lipinski definition) is 2. The van der Waals surface area contributed by atoms with E-state index < -0.39 is 5.91 Å². The minimum Gasteiger partial charge on any atom is -0.469 e. The van der Waals surface area contributed by atoms with Crippen LogP contribution in [0.3, 0.4) is 0 Å². The highest BCUT2D eigenvalue weighted by molar-refractivity contribution is 6.26. The number of carbonyl (C=O) groups excluding carboxylic acids is 2. The minimum absolute atomic E-state index is 0.00635. The summed E-state index contributed by atoms with van der Waals surface area (Å²) in [5.41, 5.74) is 1.51. The predicted octanol–water partition coefficient (Wildman–Crippen LogP) is 4.98. The molecular formula is C29H35N5O3. The number of allylic oxidation sites excluding steroid dienone is 2. The zero-order chi connectivity index (χ0) is 27.2. The first kappa shape index (κ1) is 29.3. The van der Waals surface area contributed by atoms with Crippen molar-refractivity contribution in [1.82, 2.24) is 10.6 Å². The number of nitrogens with one attached hydrogen (secondary N) is 2. The van der Waals surface area contributed by atoms with Crippen molar-refractivity contribution in [3.63, 3.8) is 0 Å². The highest BCUT2D eigenvalue weighted by atomic mass is 16.5. The van der Waals surface area contributed by atoms with Crippen molar-refractivity contribution in [3.8, 4) is 18.2 Å². The van der Waals surface area contributed by atoms with Crippen molar-refractivity contribution < 1.29 is 14.3 Å². The summed E-state index contributed by atoms with van der Waals surface area (Å²) in [5, 5.41) is 34.3. The fourth-order valence-corrected chi connectivity index (χ4v) is 4.61. The summed E-state index contributed by atoms with van der Waals surface area (Å²) in [6.45, 7) is 5.20. The first-order valence-corrected chi connectivity index (χ1v) is 12.9. The average Bonchev–Trinajstić information content (AvgIpc) is 3.25. The molecule has 1 aromatic carbocycles. The van der Waals surface area contributed by atoms with E-state index in [0.717, 1.165) is 57.1 Å². The second-order valence-electron chi connectivity index (χ2n) is 9.04. The lowest BCUT2D eigenvalue weighted by Crippen LogP contribution is -2.29. The van der Waals surface area contributed by atoms with Gasteiger partial charge in [-0.25, -0.2) is 0 Å². The number of esters is 1. The normalized spacial score (nSPS) is 14.3. The number of rotatable bonds is 14. The molecule has 0 aromatic heterocycles. The monoisotopic (exact) mass is 501 g/mol. The largest absolute Gasteiger partial charge is 0.469 e. The molecule has 0 fully saturated rings. The summed E-state index contributed by atoms with van der Waals surface area (Å²) in [7, 11) is 1.41. The Hall–Kier alpha value is -3.93. The fourth-order valence-electron chi connectivity index (χ4n) is 4.61.